The fourth-order valence-corrected chi connectivity index (χ4v) is 0.932. The number of rotatable bonds is 4. The summed E-state index contributed by atoms with van der Waals surface area (Å²) < 4.78 is 9.69. The minimum atomic E-state index is -0.753. The first kappa shape index (κ1) is 15.0. The zero-order valence-corrected chi connectivity index (χ0v) is 11.3. The average Bonchev–Trinajstić information content (AvgIpc) is 2.27. The van der Waals surface area contributed by atoms with Gasteiger partial charge in [0, 0.05) is 0 Å². The Morgan fingerprint density at radius 2 is 2.00 bits per heavy atom. The summed E-state index contributed by atoms with van der Waals surface area (Å²) in [6.45, 7) is 1.86. The van der Waals surface area contributed by atoms with Crippen LogP contribution in [0.2, 0.25) is 0 Å². The summed E-state index contributed by atoms with van der Waals surface area (Å²) in [7, 11) is 0. The average molecular weight is 230 g/mol. The topological polar surface area (TPSA) is 58.6 Å². The standard InChI is InChI=1S/C11H12O4.Na/c1-2-14-11(13)10(8-12)15-9-6-4-3-5-7-9;/h3-8,12H,2H2,1H3;/q;+1/p-1/b10-8-;. The van der Waals surface area contributed by atoms with Crippen molar-refractivity contribution in [1.29, 1.82) is 0 Å². The van der Waals surface area contributed by atoms with Gasteiger partial charge in [0.2, 0.25) is 0 Å². The summed E-state index contributed by atoms with van der Waals surface area (Å²) in [5.41, 5.74) is 0. The van der Waals surface area contributed by atoms with E-state index in [0.717, 1.165) is 0 Å². The number of carbonyl (C=O) groups is 1. The van der Waals surface area contributed by atoms with Crippen LogP contribution in [-0.2, 0) is 9.53 Å². The van der Waals surface area contributed by atoms with E-state index in [1.54, 1.807) is 37.3 Å². The Hall–Kier alpha value is -0.970. The maximum atomic E-state index is 11.2. The monoisotopic (exact) mass is 230 g/mol. The zero-order valence-electron chi connectivity index (χ0n) is 9.30. The third kappa shape index (κ3) is 4.70. The van der Waals surface area contributed by atoms with E-state index in [4.69, 9.17) is 4.74 Å². The second-order valence-electron chi connectivity index (χ2n) is 2.62. The molecule has 0 spiro atoms. The molecule has 0 radical (unpaired) electrons. The molecule has 1 rings (SSSR count). The van der Waals surface area contributed by atoms with Gasteiger partial charge in [-0.3, -0.25) is 0 Å². The summed E-state index contributed by atoms with van der Waals surface area (Å²) in [6, 6.07) is 8.56. The smallest absolute Gasteiger partial charge is 0.875 e. The van der Waals surface area contributed by atoms with Crippen molar-refractivity contribution < 1.29 is 48.9 Å². The van der Waals surface area contributed by atoms with Crippen molar-refractivity contribution in [2.75, 3.05) is 6.61 Å². The molecule has 4 nitrogen and oxygen atoms in total. The molecule has 0 fully saturated rings. The molecule has 0 aliphatic rings. The van der Waals surface area contributed by atoms with E-state index in [9.17, 15) is 9.90 Å². The molecule has 0 unspecified atom stereocenters. The molecule has 1 aromatic carbocycles. The van der Waals surface area contributed by atoms with Crippen LogP contribution in [0.3, 0.4) is 0 Å². The first-order valence-corrected chi connectivity index (χ1v) is 4.50. The second kappa shape index (κ2) is 8.21. The predicted molar refractivity (Wildman–Crippen MR) is 51.8 cm³/mol. The maximum absolute atomic E-state index is 11.2. The van der Waals surface area contributed by atoms with Crippen LogP contribution in [0, 0.1) is 0 Å². The molecule has 5 heteroatoms. The number of esters is 1. The second-order valence-corrected chi connectivity index (χ2v) is 2.62. The number of para-hydroxylation sites is 1. The van der Waals surface area contributed by atoms with Gasteiger partial charge >= 0.3 is 35.5 Å². The van der Waals surface area contributed by atoms with Crippen molar-refractivity contribution in [3.63, 3.8) is 0 Å². The fourth-order valence-electron chi connectivity index (χ4n) is 0.932. The van der Waals surface area contributed by atoms with Gasteiger partial charge in [-0.25, -0.2) is 4.79 Å². The van der Waals surface area contributed by atoms with Crippen molar-refractivity contribution in [2.45, 2.75) is 6.92 Å². The Bertz CT molecular complexity index is 348. The van der Waals surface area contributed by atoms with Crippen molar-refractivity contribution >= 4 is 5.97 Å². The maximum Gasteiger partial charge on any atom is 1.00 e. The largest absolute Gasteiger partial charge is 1.00 e. The molecule has 80 valence electrons. The van der Waals surface area contributed by atoms with E-state index in [-0.39, 0.29) is 41.9 Å². The number of carbonyl (C=O) groups excluding carboxylic acids is 1. The van der Waals surface area contributed by atoms with Gasteiger partial charge in [-0.2, -0.15) is 0 Å². The Kier molecular flexibility index (Phi) is 7.72. The summed E-state index contributed by atoms with van der Waals surface area (Å²) in [4.78, 5) is 11.2. The predicted octanol–water partition coefficient (Wildman–Crippen LogP) is -2.17. The van der Waals surface area contributed by atoms with Gasteiger partial charge in [0.05, 0.1) is 6.61 Å². The Morgan fingerprint density at radius 1 is 1.38 bits per heavy atom. The van der Waals surface area contributed by atoms with Crippen LogP contribution in [0.4, 0.5) is 0 Å². The fraction of sp³-hybridized carbons (Fsp3) is 0.182. The van der Waals surface area contributed by atoms with Gasteiger partial charge in [-0.1, -0.05) is 24.5 Å². The van der Waals surface area contributed by atoms with E-state index < -0.39 is 5.97 Å². The van der Waals surface area contributed by atoms with E-state index in [1.165, 1.54) is 0 Å². The van der Waals surface area contributed by atoms with Crippen LogP contribution in [-0.4, -0.2) is 12.6 Å². The van der Waals surface area contributed by atoms with Crippen LogP contribution >= 0.6 is 0 Å². The van der Waals surface area contributed by atoms with Crippen LogP contribution in [0.25, 0.3) is 0 Å². The van der Waals surface area contributed by atoms with Crippen molar-refractivity contribution in [3.05, 3.63) is 42.4 Å². The van der Waals surface area contributed by atoms with E-state index >= 15 is 0 Å². The molecule has 0 aliphatic carbocycles. The van der Waals surface area contributed by atoms with Crippen LogP contribution < -0.4 is 39.4 Å². The molecular weight excluding hydrogens is 219 g/mol. The molecule has 0 aliphatic heterocycles. The Morgan fingerprint density at radius 3 is 2.50 bits per heavy atom. The van der Waals surface area contributed by atoms with Gasteiger partial charge < -0.3 is 14.6 Å². The first-order valence-electron chi connectivity index (χ1n) is 4.50. The Balaban J connectivity index is 0.00000225. The Labute approximate surface area is 116 Å². The molecule has 0 amide bonds. The molecule has 1 aromatic rings. The molecule has 0 bridgehead atoms. The third-order valence-electron chi connectivity index (χ3n) is 1.55. The summed E-state index contributed by atoms with van der Waals surface area (Å²) >= 11 is 0. The number of hydrogen-bond acceptors (Lipinski definition) is 4. The van der Waals surface area contributed by atoms with Crippen molar-refractivity contribution in [1.82, 2.24) is 0 Å². The summed E-state index contributed by atoms with van der Waals surface area (Å²) in [5, 5.41) is 10.6. The van der Waals surface area contributed by atoms with E-state index in [2.05, 4.69) is 4.74 Å². The molecule has 0 heterocycles. The van der Waals surface area contributed by atoms with Gasteiger partial charge in [0.1, 0.15) is 5.75 Å². The van der Waals surface area contributed by atoms with E-state index in [1.807, 2.05) is 0 Å². The molecule has 0 saturated carbocycles. The van der Waals surface area contributed by atoms with Gasteiger partial charge in [-0.05, 0) is 19.1 Å². The number of benzene rings is 1. The molecule has 16 heavy (non-hydrogen) atoms. The minimum Gasteiger partial charge on any atom is -0.875 e. The first-order chi connectivity index (χ1) is 7.27. The van der Waals surface area contributed by atoms with Crippen molar-refractivity contribution in [3.8, 4) is 5.75 Å². The quantitative estimate of drug-likeness (QED) is 0.256. The van der Waals surface area contributed by atoms with Crippen LogP contribution in [0.5, 0.6) is 5.75 Å². The minimum absolute atomic E-state index is 0. The SMILES string of the molecule is CCOC(=O)/C(=C/[O-])Oc1ccccc1.[Na+]. The van der Waals surface area contributed by atoms with Gasteiger partial charge in [0.25, 0.3) is 0 Å². The van der Waals surface area contributed by atoms with E-state index in [0.29, 0.717) is 12.0 Å². The number of hydrogen-bond donors (Lipinski definition) is 0. The van der Waals surface area contributed by atoms with Crippen molar-refractivity contribution in [2.24, 2.45) is 0 Å². The molecule has 0 N–H and O–H groups in total. The summed E-state index contributed by atoms with van der Waals surface area (Å²) in [5.74, 6) is -0.674. The summed E-state index contributed by atoms with van der Waals surface area (Å²) in [6.07, 6.45) is 0.338. The van der Waals surface area contributed by atoms with Crippen LogP contribution in [0.15, 0.2) is 42.4 Å². The third-order valence-corrected chi connectivity index (χ3v) is 1.55. The van der Waals surface area contributed by atoms with Crippen LogP contribution in [0.1, 0.15) is 6.92 Å². The molecular formula is C11H11NaO4. The number of ether oxygens (including phenoxy) is 2. The normalized spacial score (nSPS) is 10.2. The van der Waals surface area contributed by atoms with Gasteiger partial charge in [0.15, 0.2) is 5.76 Å². The zero-order chi connectivity index (χ0) is 11.1. The molecule has 0 atom stereocenters. The molecule has 0 aromatic heterocycles. The molecule has 0 saturated heterocycles. The van der Waals surface area contributed by atoms with Gasteiger partial charge in [-0.15, -0.1) is 0 Å².